The Balaban J connectivity index is 1.70. The summed E-state index contributed by atoms with van der Waals surface area (Å²) in [6.07, 6.45) is 3.29. The second-order valence-corrected chi connectivity index (χ2v) is 9.41. The lowest BCUT2D eigenvalue weighted by molar-refractivity contribution is -0.534. The monoisotopic (exact) mass is 513 g/mol. The number of hydrogen-bond acceptors (Lipinski definition) is 6. The van der Waals surface area contributed by atoms with Gasteiger partial charge in [0.15, 0.2) is 17.0 Å². The molecule has 3 aliphatic rings. The molecule has 1 amide bonds. The molecular formula is C24H24BrN3O5. The maximum absolute atomic E-state index is 13.5. The van der Waals surface area contributed by atoms with E-state index in [4.69, 9.17) is 9.47 Å². The summed E-state index contributed by atoms with van der Waals surface area (Å²) in [6, 6.07) is 9.68. The van der Waals surface area contributed by atoms with Crippen molar-refractivity contribution in [2.45, 2.75) is 36.4 Å². The summed E-state index contributed by atoms with van der Waals surface area (Å²) in [5, 5.41) is 15.6. The first-order valence-electron chi connectivity index (χ1n) is 10.9. The van der Waals surface area contributed by atoms with Crippen LogP contribution in [0.25, 0.3) is 0 Å². The lowest BCUT2D eigenvalue weighted by Crippen LogP contribution is -2.55. The lowest BCUT2D eigenvalue weighted by Gasteiger charge is -2.32. The molecular weight excluding hydrogens is 490 g/mol. The predicted octanol–water partition coefficient (Wildman–Crippen LogP) is 4.08. The molecule has 0 aliphatic carbocycles. The molecule has 1 N–H and O–H groups in total. The Bertz CT molecular complexity index is 1150. The first kappa shape index (κ1) is 21.9. The van der Waals surface area contributed by atoms with Crippen molar-refractivity contribution in [2.75, 3.05) is 25.6 Å². The Labute approximate surface area is 199 Å². The zero-order chi connectivity index (χ0) is 23.3. The van der Waals surface area contributed by atoms with Gasteiger partial charge < -0.3 is 14.8 Å². The highest BCUT2D eigenvalue weighted by Crippen LogP contribution is 2.58. The number of para-hydroxylation sites is 1. The van der Waals surface area contributed by atoms with Gasteiger partial charge in [0.05, 0.1) is 17.5 Å². The number of nitro groups is 1. The first-order valence-corrected chi connectivity index (χ1v) is 11.7. The molecule has 3 aliphatic heterocycles. The summed E-state index contributed by atoms with van der Waals surface area (Å²) in [7, 11) is 1.54. The van der Waals surface area contributed by atoms with Crippen LogP contribution < -0.4 is 14.8 Å². The van der Waals surface area contributed by atoms with Crippen molar-refractivity contribution in [3.63, 3.8) is 0 Å². The summed E-state index contributed by atoms with van der Waals surface area (Å²) in [5.74, 6) is 0.165. The summed E-state index contributed by atoms with van der Waals surface area (Å²) < 4.78 is 12.0. The molecule has 0 saturated carbocycles. The Morgan fingerprint density at radius 3 is 2.91 bits per heavy atom. The molecule has 8 nitrogen and oxygen atoms in total. The molecule has 2 aromatic rings. The molecule has 0 radical (unpaired) electrons. The third-order valence-corrected chi connectivity index (χ3v) is 7.67. The molecule has 0 bridgehead atoms. The fraction of sp³-hybridized carbons (Fsp3) is 0.375. The van der Waals surface area contributed by atoms with Crippen LogP contribution >= 0.6 is 15.9 Å². The van der Waals surface area contributed by atoms with E-state index in [9.17, 15) is 14.9 Å². The standard InChI is InChI=1S/C24H24BrN3O5/c1-3-11-33-21-16(25)12-14(13-19(21)32-2)20-18-9-6-10-27(18)24(22(20)28(30)31)15-7-4-5-8-17(15)26-23(24)29/h3-5,7-8,12-13,18,20,22H,1,6,9-11H2,2H3,(H,26,29)/t18-,20+,22+,24+/m0/s1. The highest BCUT2D eigenvalue weighted by atomic mass is 79.9. The molecule has 2 aromatic carbocycles. The van der Waals surface area contributed by atoms with Crippen LogP contribution in [0.3, 0.4) is 0 Å². The van der Waals surface area contributed by atoms with Crippen molar-refractivity contribution >= 4 is 27.5 Å². The van der Waals surface area contributed by atoms with Gasteiger partial charge in [-0.05, 0) is 52.5 Å². The number of methoxy groups -OCH3 is 1. The average Bonchev–Trinajstić information content (AvgIpc) is 3.45. The molecule has 2 fully saturated rings. The Hall–Kier alpha value is -2.91. The molecule has 0 aromatic heterocycles. The van der Waals surface area contributed by atoms with Crippen LogP contribution in [0.1, 0.15) is 29.9 Å². The van der Waals surface area contributed by atoms with E-state index in [0.717, 1.165) is 18.4 Å². The quantitative estimate of drug-likeness (QED) is 0.355. The number of carbonyl (C=O) groups is 1. The zero-order valence-electron chi connectivity index (χ0n) is 18.1. The smallest absolute Gasteiger partial charge is 0.256 e. The van der Waals surface area contributed by atoms with Gasteiger partial charge >= 0.3 is 0 Å². The third kappa shape index (κ3) is 3.02. The molecule has 4 atom stereocenters. The number of ether oxygens (including phenoxy) is 2. The van der Waals surface area contributed by atoms with Gasteiger partial charge in [0.2, 0.25) is 0 Å². The number of halogens is 1. The number of rotatable bonds is 6. The molecule has 9 heteroatoms. The minimum absolute atomic E-state index is 0.145. The van der Waals surface area contributed by atoms with Crippen LogP contribution in [0.5, 0.6) is 11.5 Å². The van der Waals surface area contributed by atoms with E-state index in [-0.39, 0.29) is 16.9 Å². The van der Waals surface area contributed by atoms with Crippen LogP contribution in [0.2, 0.25) is 0 Å². The highest BCUT2D eigenvalue weighted by molar-refractivity contribution is 9.10. The fourth-order valence-corrected chi connectivity index (χ4v) is 6.56. The van der Waals surface area contributed by atoms with Gasteiger partial charge in [-0.3, -0.25) is 19.8 Å². The van der Waals surface area contributed by atoms with Crippen molar-refractivity contribution in [3.8, 4) is 11.5 Å². The molecule has 33 heavy (non-hydrogen) atoms. The van der Waals surface area contributed by atoms with Gasteiger partial charge in [0.25, 0.3) is 11.9 Å². The highest BCUT2D eigenvalue weighted by Gasteiger charge is 2.73. The SMILES string of the molecule is C=CCOc1c(Br)cc([C@@H]2[C@@H]3CCCN3[C@@]3(C(=O)Nc4ccccc43)[C@@H]2[N+](=O)[O-])cc1OC. The van der Waals surface area contributed by atoms with Gasteiger partial charge in [0.1, 0.15) is 6.61 Å². The van der Waals surface area contributed by atoms with Crippen molar-refractivity contribution in [2.24, 2.45) is 0 Å². The zero-order valence-corrected chi connectivity index (χ0v) is 19.7. The number of benzene rings is 2. The second-order valence-electron chi connectivity index (χ2n) is 8.56. The van der Waals surface area contributed by atoms with E-state index in [2.05, 4.69) is 32.7 Å². The molecule has 3 heterocycles. The van der Waals surface area contributed by atoms with Crippen LogP contribution in [-0.2, 0) is 10.3 Å². The van der Waals surface area contributed by atoms with E-state index in [1.165, 1.54) is 7.11 Å². The van der Waals surface area contributed by atoms with Gasteiger partial charge in [-0.25, -0.2) is 0 Å². The number of anilines is 1. The van der Waals surface area contributed by atoms with E-state index in [1.807, 2.05) is 30.3 Å². The van der Waals surface area contributed by atoms with Crippen molar-refractivity contribution < 1.29 is 19.2 Å². The minimum Gasteiger partial charge on any atom is -0.493 e. The molecule has 2 saturated heterocycles. The second kappa shape index (κ2) is 8.14. The average molecular weight is 514 g/mol. The summed E-state index contributed by atoms with van der Waals surface area (Å²) in [5.41, 5.74) is 0.733. The number of nitrogens with zero attached hydrogens (tertiary/aromatic N) is 2. The largest absolute Gasteiger partial charge is 0.493 e. The van der Waals surface area contributed by atoms with E-state index in [1.54, 1.807) is 12.1 Å². The normalized spacial score (nSPS) is 27.8. The number of nitrogens with one attached hydrogen (secondary N) is 1. The van der Waals surface area contributed by atoms with Crippen molar-refractivity contribution in [3.05, 3.63) is 74.8 Å². The van der Waals surface area contributed by atoms with Crippen LogP contribution in [0, 0.1) is 10.1 Å². The third-order valence-electron chi connectivity index (χ3n) is 7.08. The maximum atomic E-state index is 13.5. The fourth-order valence-electron chi connectivity index (χ4n) is 5.99. The molecule has 5 rings (SSSR count). The molecule has 0 unspecified atom stereocenters. The summed E-state index contributed by atoms with van der Waals surface area (Å²) in [6.45, 7) is 4.60. The molecule has 1 spiro atoms. The first-order chi connectivity index (χ1) is 15.9. The minimum atomic E-state index is -1.34. The lowest BCUT2D eigenvalue weighted by atomic mass is 9.77. The van der Waals surface area contributed by atoms with Crippen LogP contribution in [0.15, 0.2) is 53.5 Å². The number of carbonyl (C=O) groups excluding carboxylic acids is 1. The van der Waals surface area contributed by atoms with Crippen LogP contribution in [-0.4, -0.2) is 48.1 Å². The van der Waals surface area contributed by atoms with Gasteiger partial charge in [0, 0.05) is 28.8 Å². The van der Waals surface area contributed by atoms with Gasteiger partial charge in [-0.15, -0.1) is 0 Å². The van der Waals surface area contributed by atoms with Gasteiger partial charge in [-0.2, -0.15) is 0 Å². The number of fused-ring (bicyclic) bond motifs is 4. The van der Waals surface area contributed by atoms with E-state index in [0.29, 0.717) is 40.4 Å². The van der Waals surface area contributed by atoms with Crippen molar-refractivity contribution in [1.82, 2.24) is 4.90 Å². The van der Waals surface area contributed by atoms with Gasteiger partial charge in [-0.1, -0.05) is 30.9 Å². The summed E-state index contributed by atoms with van der Waals surface area (Å²) in [4.78, 5) is 28.0. The van der Waals surface area contributed by atoms with E-state index < -0.39 is 17.5 Å². The summed E-state index contributed by atoms with van der Waals surface area (Å²) >= 11 is 3.56. The molecule has 172 valence electrons. The predicted molar refractivity (Wildman–Crippen MR) is 126 cm³/mol. The Morgan fingerprint density at radius 2 is 2.18 bits per heavy atom. The van der Waals surface area contributed by atoms with E-state index >= 15 is 0 Å². The number of amides is 1. The maximum Gasteiger partial charge on any atom is 0.256 e. The van der Waals surface area contributed by atoms with Crippen LogP contribution in [0.4, 0.5) is 5.69 Å². The topological polar surface area (TPSA) is 93.9 Å². The van der Waals surface area contributed by atoms with Crippen molar-refractivity contribution in [1.29, 1.82) is 0 Å². The number of hydrogen-bond donors (Lipinski definition) is 1. The Kier molecular flexibility index (Phi) is 5.41. The Morgan fingerprint density at radius 1 is 1.39 bits per heavy atom.